The molecule has 25 heavy (non-hydrogen) atoms. The molecule has 1 N–H and O–H groups in total. The SMILES string of the molecule is Cc1cccc(NC(=O)CSc2nccnc2Sc2ccccc2)c1. The summed E-state index contributed by atoms with van der Waals surface area (Å²) in [5, 5.41) is 4.47. The fourth-order valence-corrected chi connectivity index (χ4v) is 3.86. The summed E-state index contributed by atoms with van der Waals surface area (Å²) in [4.78, 5) is 22.0. The van der Waals surface area contributed by atoms with E-state index in [1.165, 1.54) is 11.8 Å². The van der Waals surface area contributed by atoms with Crippen molar-refractivity contribution in [3.8, 4) is 0 Å². The maximum absolute atomic E-state index is 12.2. The molecule has 0 aliphatic heterocycles. The molecule has 0 fully saturated rings. The fraction of sp³-hybridized carbons (Fsp3) is 0.105. The van der Waals surface area contributed by atoms with Gasteiger partial charge in [0.15, 0.2) is 0 Å². The fourth-order valence-electron chi connectivity index (χ4n) is 2.14. The van der Waals surface area contributed by atoms with Gasteiger partial charge in [-0.2, -0.15) is 0 Å². The summed E-state index contributed by atoms with van der Waals surface area (Å²) >= 11 is 2.94. The highest BCUT2D eigenvalue weighted by Crippen LogP contribution is 2.32. The van der Waals surface area contributed by atoms with Gasteiger partial charge in [-0.25, -0.2) is 9.97 Å². The second-order valence-electron chi connectivity index (χ2n) is 5.29. The minimum atomic E-state index is -0.0584. The van der Waals surface area contributed by atoms with Crippen molar-refractivity contribution in [2.45, 2.75) is 21.9 Å². The number of carbonyl (C=O) groups is 1. The van der Waals surface area contributed by atoms with Crippen molar-refractivity contribution in [3.05, 3.63) is 72.6 Å². The number of hydrogen-bond acceptors (Lipinski definition) is 5. The summed E-state index contributed by atoms with van der Waals surface area (Å²) < 4.78 is 0. The van der Waals surface area contributed by atoms with Crippen LogP contribution in [0.25, 0.3) is 0 Å². The Morgan fingerprint density at radius 2 is 1.76 bits per heavy atom. The van der Waals surface area contributed by atoms with Crippen molar-refractivity contribution < 1.29 is 4.79 Å². The van der Waals surface area contributed by atoms with Crippen LogP contribution < -0.4 is 5.32 Å². The van der Waals surface area contributed by atoms with Crippen LogP contribution in [0.4, 0.5) is 5.69 Å². The Bertz CT molecular complexity index is 856. The molecule has 0 aliphatic carbocycles. The van der Waals surface area contributed by atoms with Crippen LogP contribution in [0.15, 0.2) is 81.9 Å². The van der Waals surface area contributed by atoms with E-state index in [1.807, 2.05) is 61.5 Å². The predicted octanol–water partition coefficient (Wildman–Crippen LogP) is 4.67. The Kier molecular flexibility index (Phi) is 6.09. The van der Waals surface area contributed by atoms with Crippen LogP contribution in [-0.2, 0) is 4.79 Å². The lowest BCUT2D eigenvalue weighted by Crippen LogP contribution is -2.14. The Labute approximate surface area is 155 Å². The molecule has 1 aromatic heterocycles. The number of anilines is 1. The normalized spacial score (nSPS) is 10.4. The van der Waals surface area contributed by atoms with Crippen molar-refractivity contribution in [1.82, 2.24) is 9.97 Å². The topological polar surface area (TPSA) is 54.9 Å². The standard InChI is InChI=1S/C19H17N3OS2/c1-14-6-5-7-15(12-14)22-17(23)13-24-18-19(21-11-10-20-18)25-16-8-3-2-4-9-16/h2-12H,13H2,1H3,(H,22,23). The van der Waals surface area contributed by atoms with Crippen LogP contribution in [0.5, 0.6) is 0 Å². The average Bonchev–Trinajstić information content (AvgIpc) is 2.62. The van der Waals surface area contributed by atoms with Crippen molar-refractivity contribution in [3.63, 3.8) is 0 Å². The summed E-state index contributed by atoms with van der Waals surface area (Å²) in [6, 6.07) is 17.8. The van der Waals surface area contributed by atoms with E-state index in [4.69, 9.17) is 0 Å². The number of amides is 1. The molecule has 3 rings (SSSR count). The van der Waals surface area contributed by atoms with E-state index >= 15 is 0 Å². The van der Waals surface area contributed by atoms with Crippen molar-refractivity contribution in [2.75, 3.05) is 11.1 Å². The van der Waals surface area contributed by atoms with Crippen LogP contribution in [-0.4, -0.2) is 21.6 Å². The molecule has 4 nitrogen and oxygen atoms in total. The van der Waals surface area contributed by atoms with Gasteiger partial charge in [0.05, 0.1) is 5.75 Å². The highest BCUT2D eigenvalue weighted by atomic mass is 32.2. The van der Waals surface area contributed by atoms with Crippen LogP contribution in [0.2, 0.25) is 0 Å². The van der Waals surface area contributed by atoms with Gasteiger partial charge in [-0.15, -0.1) is 0 Å². The number of rotatable bonds is 6. The molecule has 0 saturated heterocycles. The molecule has 0 unspecified atom stereocenters. The second-order valence-corrected chi connectivity index (χ2v) is 7.31. The van der Waals surface area contributed by atoms with E-state index < -0.39 is 0 Å². The van der Waals surface area contributed by atoms with Gasteiger partial charge in [0.2, 0.25) is 5.91 Å². The molecule has 0 spiro atoms. The number of thioether (sulfide) groups is 1. The lowest BCUT2D eigenvalue weighted by Gasteiger charge is -2.08. The van der Waals surface area contributed by atoms with Crippen molar-refractivity contribution >= 4 is 35.1 Å². The molecule has 1 amide bonds. The Morgan fingerprint density at radius 3 is 2.52 bits per heavy atom. The van der Waals surface area contributed by atoms with E-state index in [1.54, 1.807) is 24.2 Å². The lowest BCUT2D eigenvalue weighted by molar-refractivity contribution is -0.113. The highest BCUT2D eigenvalue weighted by Gasteiger charge is 2.11. The van der Waals surface area contributed by atoms with E-state index in [9.17, 15) is 4.79 Å². The zero-order chi connectivity index (χ0) is 17.5. The van der Waals surface area contributed by atoms with E-state index in [2.05, 4.69) is 15.3 Å². The minimum absolute atomic E-state index is 0.0584. The van der Waals surface area contributed by atoms with Gasteiger partial charge >= 0.3 is 0 Å². The highest BCUT2D eigenvalue weighted by molar-refractivity contribution is 8.02. The molecule has 0 radical (unpaired) electrons. The van der Waals surface area contributed by atoms with E-state index in [0.717, 1.165) is 26.2 Å². The number of aryl methyl sites for hydroxylation is 1. The molecule has 126 valence electrons. The minimum Gasteiger partial charge on any atom is -0.325 e. The number of nitrogens with one attached hydrogen (secondary N) is 1. The molecule has 0 aliphatic rings. The Balaban J connectivity index is 1.62. The summed E-state index contributed by atoms with van der Waals surface area (Å²) in [7, 11) is 0. The maximum Gasteiger partial charge on any atom is 0.234 e. The van der Waals surface area contributed by atoms with Gasteiger partial charge in [-0.05, 0) is 36.8 Å². The maximum atomic E-state index is 12.2. The average molecular weight is 367 g/mol. The summed E-state index contributed by atoms with van der Waals surface area (Å²) in [6.07, 6.45) is 3.32. The van der Waals surface area contributed by atoms with Gasteiger partial charge < -0.3 is 5.32 Å². The van der Waals surface area contributed by atoms with Crippen LogP contribution in [0.3, 0.4) is 0 Å². The molecular formula is C19H17N3OS2. The zero-order valence-corrected chi connectivity index (χ0v) is 15.3. The van der Waals surface area contributed by atoms with E-state index in [0.29, 0.717) is 0 Å². The molecule has 0 saturated carbocycles. The van der Waals surface area contributed by atoms with Crippen molar-refractivity contribution in [2.24, 2.45) is 0 Å². The molecule has 2 aromatic carbocycles. The van der Waals surface area contributed by atoms with Gasteiger partial charge in [-0.3, -0.25) is 4.79 Å². The number of benzene rings is 2. The third-order valence-electron chi connectivity index (χ3n) is 3.23. The lowest BCUT2D eigenvalue weighted by atomic mass is 10.2. The van der Waals surface area contributed by atoms with Crippen LogP contribution >= 0.6 is 23.5 Å². The van der Waals surface area contributed by atoms with E-state index in [-0.39, 0.29) is 11.7 Å². The molecule has 1 heterocycles. The largest absolute Gasteiger partial charge is 0.325 e. The third kappa shape index (κ3) is 5.34. The summed E-state index contributed by atoms with van der Waals surface area (Å²) in [6.45, 7) is 2.00. The first-order valence-corrected chi connectivity index (χ1v) is 9.54. The quantitative estimate of drug-likeness (QED) is 0.642. The molecule has 0 bridgehead atoms. The zero-order valence-electron chi connectivity index (χ0n) is 13.7. The number of carbonyl (C=O) groups excluding carboxylic acids is 1. The monoisotopic (exact) mass is 367 g/mol. The number of aromatic nitrogens is 2. The van der Waals surface area contributed by atoms with Gasteiger partial charge in [-0.1, -0.05) is 53.9 Å². The van der Waals surface area contributed by atoms with Crippen LogP contribution in [0, 0.1) is 6.92 Å². The molecular weight excluding hydrogens is 350 g/mol. The Hall–Kier alpha value is -2.31. The van der Waals surface area contributed by atoms with Gasteiger partial charge in [0, 0.05) is 23.0 Å². The third-order valence-corrected chi connectivity index (χ3v) is 5.34. The first-order chi connectivity index (χ1) is 12.2. The van der Waals surface area contributed by atoms with Crippen LogP contribution in [0.1, 0.15) is 5.56 Å². The summed E-state index contributed by atoms with van der Waals surface area (Å²) in [5.41, 5.74) is 1.92. The second kappa shape index (κ2) is 8.69. The van der Waals surface area contributed by atoms with Gasteiger partial charge in [0.1, 0.15) is 10.1 Å². The summed E-state index contributed by atoms with van der Waals surface area (Å²) in [5.74, 6) is 0.228. The number of nitrogens with zero attached hydrogens (tertiary/aromatic N) is 2. The van der Waals surface area contributed by atoms with Crippen molar-refractivity contribution in [1.29, 1.82) is 0 Å². The first-order valence-electron chi connectivity index (χ1n) is 7.74. The Morgan fingerprint density at radius 1 is 1.00 bits per heavy atom. The van der Waals surface area contributed by atoms with Gasteiger partial charge in [0.25, 0.3) is 0 Å². The smallest absolute Gasteiger partial charge is 0.234 e. The molecule has 0 atom stereocenters. The molecule has 3 aromatic rings. The first kappa shape index (κ1) is 17.5. The number of hydrogen-bond donors (Lipinski definition) is 1. The predicted molar refractivity (Wildman–Crippen MR) is 103 cm³/mol. The molecule has 6 heteroatoms.